The van der Waals surface area contributed by atoms with Crippen LogP contribution >= 0.6 is 0 Å². The molecule has 46 heavy (non-hydrogen) atoms. The average molecular weight is 635 g/mol. The lowest BCUT2D eigenvalue weighted by Gasteiger charge is -2.18. The number of ether oxygens (including phenoxy) is 1. The van der Waals surface area contributed by atoms with Gasteiger partial charge < -0.3 is 41.4 Å². The van der Waals surface area contributed by atoms with Gasteiger partial charge in [-0.25, -0.2) is 4.79 Å². The molecular weight excluding hydrogens is 596 g/mol. The minimum Gasteiger partial charge on any atom is -0.394 e. The Hall–Kier alpha value is -4.63. The van der Waals surface area contributed by atoms with Crippen molar-refractivity contribution in [1.82, 2.24) is 25.2 Å². The topological polar surface area (TPSA) is 222 Å². The smallest absolute Gasteiger partial charge is 0.351 e. The number of aromatic amines is 1. The molecule has 2 amide bonds. The Morgan fingerprint density at radius 3 is 2.28 bits per heavy atom. The Bertz CT molecular complexity index is 1840. The predicted molar refractivity (Wildman–Crippen MR) is 170 cm³/mol. The van der Waals surface area contributed by atoms with E-state index in [0.29, 0.717) is 23.9 Å². The van der Waals surface area contributed by atoms with E-state index in [4.69, 9.17) is 10.5 Å². The van der Waals surface area contributed by atoms with Crippen molar-refractivity contribution in [2.75, 3.05) is 25.4 Å². The van der Waals surface area contributed by atoms with Crippen molar-refractivity contribution in [2.45, 2.75) is 63.1 Å². The van der Waals surface area contributed by atoms with E-state index in [1.807, 2.05) is 30.3 Å². The van der Waals surface area contributed by atoms with Crippen LogP contribution in [0.3, 0.4) is 0 Å². The number of nitrogens with zero attached hydrogens (tertiary/aromatic N) is 2. The van der Waals surface area contributed by atoms with Gasteiger partial charge in [0.15, 0.2) is 11.7 Å². The summed E-state index contributed by atoms with van der Waals surface area (Å²) in [5.74, 6) is -0.591. The highest BCUT2D eigenvalue weighted by atomic mass is 16.6. The van der Waals surface area contributed by atoms with Crippen molar-refractivity contribution in [3.8, 4) is 0 Å². The number of benzene rings is 2. The second-order valence-electron chi connectivity index (χ2n) is 11.4. The number of nitrogens with two attached hydrogens (primary N) is 1. The average Bonchev–Trinajstić information content (AvgIpc) is 3.32. The normalized spacial score (nSPS) is 19.5. The number of unbranched alkanes of at least 4 members (excludes halogenated alkanes) is 3. The second kappa shape index (κ2) is 14.6. The van der Waals surface area contributed by atoms with Crippen LogP contribution in [0.25, 0.3) is 21.8 Å². The maximum absolute atomic E-state index is 12.9. The number of amides is 2. The van der Waals surface area contributed by atoms with Gasteiger partial charge in [0.2, 0.25) is 11.8 Å². The van der Waals surface area contributed by atoms with Crippen LogP contribution in [0, 0.1) is 0 Å². The molecule has 2 aromatic carbocycles. The molecule has 244 valence electrons. The minimum absolute atomic E-state index is 0.0655. The number of anilines is 1. The molecule has 4 aromatic rings. The number of nitrogens with one attached hydrogen (secondary N) is 3. The van der Waals surface area contributed by atoms with E-state index < -0.39 is 36.8 Å². The Morgan fingerprint density at radius 2 is 1.59 bits per heavy atom. The summed E-state index contributed by atoms with van der Waals surface area (Å²) in [6, 6.07) is 12.8. The number of pyridine rings is 1. The molecule has 1 saturated heterocycles. The van der Waals surface area contributed by atoms with Crippen LogP contribution in [0.5, 0.6) is 0 Å². The molecule has 0 spiro atoms. The molecular formula is C32H38N6O8. The number of hydrogen-bond acceptors (Lipinski definition) is 10. The molecule has 0 aliphatic carbocycles. The summed E-state index contributed by atoms with van der Waals surface area (Å²) in [5, 5.41) is 36.4. The molecule has 0 saturated carbocycles. The zero-order valence-corrected chi connectivity index (χ0v) is 25.1. The lowest BCUT2D eigenvalue weighted by atomic mass is 10.1. The largest absolute Gasteiger partial charge is 0.394 e. The molecule has 14 nitrogen and oxygen atoms in total. The van der Waals surface area contributed by atoms with Gasteiger partial charge in [0.1, 0.15) is 24.1 Å². The molecule has 5 rings (SSSR count). The maximum Gasteiger partial charge on any atom is 0.351 e. The van der Waals surface area contributed by atoms with E-state index in [2.05, 4.69) is 20.6 Å². The van der Waals surface area contributed by atoms with Crippen molar-refractivity contribution in [2.24, 2.45) is 0 Å². The minimum atomic E-state index is -1.48. The summed E-state index contributed by atoms with van der Waals surface area (Å²) >= 11 is 0. The molecule has 1 aliphatic heterocycles. The number of hydrogen-bond donors (Lipinski definition) is 7. The van der Waals surface area contributed by atoms with Gasteiger partial charge in [-0.3, -0.25) is 19.0 Å². The number of para-hydroxylation sites is 1. The number of carbonyl (C=O) groups is 2. The number of nitrogen functional groups attached to an aromatic ring is 1. The van der Waals surface area contributed by atoms with Crippen LogP contribution in [0.4, 0.5) is 5.82 Å². The zero-order chi connectivity index (χ0) is 32.8. The van der Waals surface area contributed by atoms with Gasteiger partial charge in [-0.15, -0.1) is 0 Å². The van der Waals surface area contributed by atoms with E-state index in [9.17, 15) is 34.5 Å². The molecule has 0 bridgehead atoms. The third-order valence-electron chi connectivity index (χ3n) is 8.09. The lowest BCUT2D eigenvalue weighted by Crippen LogP contribution is -2.37. The maximum atomic E-state index is 12.9. The Kier molecular flexibility index (Phi) is 10.4. The summed E-state index contributed by atoms with van der Waals surface area (Å²) in [4.78, 5) is 57.2. The highest BCUT2D eigenvalue weighted by Crippen LogP contribution is 2.28. The molecule has 1 fully saturated rings. The molecule has 4 atom stereocenters. The summed E-state index contributed by atoms with van der Waals surface area (Å²) in [6.07, 6.45) is -0.793. The summed E-state index contributed by atoms with van der Waals surface area (Å²) < 4.78 is 6.34. The number of aliphatic hydroxyl groups excluding tert-OH is 3. The van der Waals surface area contributed by atoms with Gasteiger partial charge >= 0.3 is 5.69 Å². The van der Waals surface area contributed by atoms with E-state index >= 15 is 0 Å². The first kappa shape index (κ1) is 32.8. The van der Waals surface area contributed by atoms with E-state index in [-0.39, 0.29) is 41.5 Å². The first-order chi connectivity index (χ1) is 22.2. The first-order valence-corrected chi connectivity index (χ1v) is 15.2. The van der Waals surface area contributed by atoms with Crippen LogP contribution < -0.4 is 27.5 Å². The van der Waals surface area contributed by atoms with Crippen molar-refractivity contribution in [3.63, 3.8) is 0 Å². The number of H-pyrrole nitrogens is 1. The number of aliphatic hydroxyl groups is 3. The molecule has 14 heteroatoms. The molecule has 2 unspecified atom stereocenters. The van der Waals surface area contributed by atoms with Gasteiger partial charge in [-0.1, -0.05) is 31.0 Å². The number of fused-ring (bicyclic) bond motifs is 2. The van der Waals surface area contributed by atoms with Crippen molar-refractivity contribution in [3.05, 3.63) is 80.5 Å². The summed E-state index contributed by atoms with van der Waals surface area (Å²) in [6.45, 7) is 0.384. The Balaban J connectivity index is 1.00. The van der Waals surface area contributed by atoms with E-state index in [0.717, 1.165) is 46.8 Å². The van der Waals surface area contributed by atoms with Gasteiger partial charge in [0, 0.05) is 46.7 Å². The Labute approximate surface area is 263 Å². The predicted octanol–water partition coefficient (Wildman–Crippen LogP) is 0.00970. The highest BCUT2D eigenvalue weighted by Gasteiger charge is 2.44. The zero-order valence-electron chi connectivity index (χ0n) is 25.1. The molecule has 8 N–H and O–H groups in total. The third-order valence-corrected chi connectivity index (χ3v) is 8.09. The molecule has 1 aliphatic rings. The van der Waals surface area contributed by atoms with Gasteiger partial charge in [-0.2, -0.15) is 4.98 Å². The van der Waals surface area contributed by atoms with Crippen LogP contribution in [-0.4, -0.2) is 79.7 Å². The van der Waals surface area contributed by atoms with E-state index in [1.54, 1.807) is 12.1 Å². The van der Waals surface area contributed by atoms with Gasteiger partial charge in [-0.05, 0) is 42.7 Å². The number of rotatable bonds is 13. The highest BCUT2D eigenvalue weighted by molar-refractivity contribution is 5.93. The first-order valence-electron chi connectivity index (χ1n) is 15.2. The van der Waals surface area contributed by atoms with Crippen molar-refractivity contribution < 1.29 is 29.6 Å². The summed E-state index contributed by atoms with van der Waals surface area (Å²) in [7, 11) is 0. The van der Waals surface area contributed by atoms with E-state index in [1.165, 1.54) is 6.20 Å². The van der Waals surface area contributed by atoms with Gasteiger partial charge in [0.25, 0.3) is 0 Å². The quantitative estimate of drug-likeness (QED) is 0.0771. The fourth-order valence-corrected chi connectivity index (χ4v) is 5.57. The molecule has 3 heterocycles. The second-order valence-corrected chi connectivity index (χ2v) is 11.4. The molecule has 0 radical (unpaired) electrons. The van der Waals surface area contributed by atoms with Crippen LogP contribution in [-0.2, 0) is 27.2 Å². The van der Waals surface area contributed by atoms with Gasteiger partial charge in [0.05, 0.1) is 19.4 Å². The van der Waals surface area contributed by atoms with Crippen LogP contribution in [0.1, 0.15) is 43.0 Å². The fourth-order valence-electron chi connectivity index (χ4n) is 5.57. The lowest BCUT2D eigenvalue weighted by molar-refractivity contribution is -0.121. The monoisotopic (exact) mass is 634 g/mol. The third kappa shape index (κ3) is 7.42. The van der Waals surface area contributed by atoms with Crippen molar-refractivity contribution in [1.29, 1.82) is 0 Å². The fraction of sp³-hybridized carbons (Fsp3) is 0.406. The summed E-state index contributed by atoms with van der Waals surface area (Å²) in [5.41, 5.74) is 7.46. The SMILES string of the molecule is Nc1nc(=O)n([C@@H]2O[C@H](CO)C(O)C2O)cc1CC(=O)NCCCCCCNC(=O)Cc1ccc2[nH]c3ccccc3c(=O)c2c1. The standard InChI is InChI=1S/C32H38N6O8/c33-30-19(16-38(32(45)37-30)31-29(44)28(43)24(17-39)46-31)15-26(41)35-12-6-2-1-5-11-34-25(40)14-18-9-10-23-21(13-18)27(42)20-7-3-4-8-22(20)36-23/h3-4,7-10,13,16,24,28-29,31,39,43-44H,1-2,5-6,11-12,14-15,17H2,(H,34,40)(H,35,41)(H,36,42)(H2,33,37,45)/t24-,28?,29?,31-/m1/s1. The van der Waals surface area contributed by atoms with Crippen molar-refractivity contribution >= 4 is 39.4 Å². The number of carbonyl (C=O) groups excluding carboxylic acids is 2. The van der Waals surface area contributed by atoms with Crippen LogP contribution in [0.2, 0.25) is 0 Å². The number of aromatic nitrogens is 3. The molecule has 2 aromatic heterocycles. The van der Waals surface area contributed by atoms with Crippen LogP contribution in [0.15, 0.2) is 58.3 Å². The Morgan fingerprint density at radius 1 is 0.913 bits per heavy atom.